The topological polar surface area (TPSA) is 75.6 Å². The number of carboxylic acids is 1. The summed E-state index contributed by atoms with van der Waals surface area (Å²) in [5.41, 5.74) is 0. The maximum atomic E-state index is 12.3. The zero-order valence-corrected chi connectivity index (χ0v) is 12.8. The second-order valence-corrected chi connectivity index (χ2v) is 6.46. The molecule has 120 valence electrons. The van der Waals surface area contributed by atoms with E-state index in [4.69, 9.17) is 9.84 Å². The molecule has 2 atom stereocenters. The van der Waals surface area contributed by atoms with Crippen LogP contribution in [0.2, 0.25) is 0 Å². The van der Waals surface area contributed by atoms with E-state index in [1.807, 2.05) is 0 Å². The minimum absolute atomic E-state index is 0.0192. The molecule has 1 aliphatic carbocycles. The van der Waals surface area contributed by atoms with Gasteiger partial charge in [0.25, 0.3) is 0 Å². The molecular formula is C16H27NO4. The summed E-state index contributed by atoms with van der Waals surface area (Å²) in [6.07, 6.45) is 7.92. The van der Waals surface area contributed by atoms with Crippen LogP contribution in [-0.2, 0) is 14.3 Å². The van der Waals surface area contributed by atoms with Crippen molar-refractivity contribution in [1.29, 1.82) is 0 Å². The highest BCUT2D eigenvalue weighted by Gasteiger charge is 2.36. The lowest BCUT2D eigenvalue weighted by atomic mass is 9.79. The summed E-state index contributed by atoms with van der Waals surface area (Å²) in [7, 11) is 0. The van der Waals surface area contributed by atoms with Crippen LogP contribution in [0, 0.1) is 17.8 Å². The van der Waals surface area contributed by atoms with Gasteiger partial charge in [-0.15, -0.1) is 0 Å². The predicted molar refractivity (Wildman–Crippen MR) is 78.8 cm³/mol. The van der Waals surface area contributed by atoms with Crippen LogP contribution in [0.4, 0.5) is 0 Å². The highest BCUT2D eigenvalue weighted by molar-refractivity contribution is 5.80. The molecule has 1 saturated heterocycles. The molecule has 0 aromatic carbocycles. The number of nitrogens with one attached hydrogen (secondary N) is 1. The van der Waals surface area contributed by atoms with Crippen LogP contribution >= 0.6 is 0 Å². The molecule has 2 unspecified atom stereocenters. The number of carbonyl (C=O) groups excluding carboxylic acids is 1. The molecule has 0 aromatic heterocycles. The summed E-state index contributed by atoms with van der Waals surface area (Å²) in [6, 6.07) is -0.368. The van der Waals surface area contributed by atoms with Gasteiger partial charge in [0.1, 0.15) is 5.92 Å². The Balaban J connectivity index is 1.76. The number of rotatable bonds is 6. The van der Waals surface area contributed by atoms with Gasteiger partial charge in [-0.05, 0) is 31.6 Å². The molecule has 1 amide bonds. The Bertz CT molecular complexity index is 363. The van der Waals surface area contributed by atoms with Crippen molar-refractivity contribution in [2.24, 2.45) is 17.8 Å². The van der Waals surface area contributed by atoms with Crippen molar-refractivity contribution >= 4 is 11.9 Å². The van der Waals surface area contributed by atoms with Crippen molar-refractivity contribution in [1.82, 2.24) is 5.32 Å². The quantitative estimate of drug-likeness (QED) is 0.788. The maximum Gasteiger partial charge on any atom is 0.311 e. The van der Waals surface area contributed by atoms with E-state index in [0.717, 1.165) is 31.6 Å². The first-order valence-electron chi connectivity index (χ1n) is 8.22. The molecule has 0 bridgehead atoms. The van der Waals surface area contributed by atoms with E-state index in [0.29, 0.717) is 6.61 Å². The normalized spacial score (nSPS) is 32.8. The molecule has 2 fully saturated rings. The lowest BCUT2D eigenvalue weighted by Gasteiger charge is -2.29. The Labute approximate surface area is 126 Å². The minimum Gasteiger partial charge on any atom is -0.481 e. The van der Waals surface area contributed by atoms with Gasteiger partial charge in [-0.2, -0.15) is 0 Å². The summed E-state index contributed by atoms with van der Waals surface area (Å²) in [5, 5.41) is 12.0. The highest BCUT2D eigenvalue weighted by Crippen LogP contribution is 2.32. The summed E-state index contributed by atoms with van der Waals surface area (Å²) in [5.74, 6) is -0.643. The molecule has 0 spiro atoms. The van der Waals surface area contributed by atoms with Gasteiger partial charge in [0.2, 0.25) is 5.91 Å². The molecule has 0 aromatic rings. The first-order valence-corrected chi connectivity index (χ1v) is 8.22. The van der Waals surface area contributed by atoms with E-state index in [-0.39, 0.29) is 24.5 Å². The Hall–Kier alpha value is -1.10. The standard InChI is InChI=1S/C16H27NO4/c1-2-3-4-11-5-7-12(8-6-11)15(18)17-14-10-21-9-13(14)16(19)20/h11-14H,2-10H2,1H3,(H,17,18)(H,19,20). The van der Waals surface area contributed by atoms with E-state index < -0.39 is 11.9 Å². The molecule has 1 aliphatic heterocycles. The number of carboxylic acid groups (broad SMARTS) is 1. The van der Waals surface area contributed by atoms with E-state index in [9.17, 15) is 9.59 Å². The average molecular weight is 297 g/mol. The molecule has 5 nitrogen and oxygen atoms in total. The van der Waals surface area contributed by atoms with Crippen LogP contribution < -0.4 is 5.32 Å². The highest BCUT2D eigenvalue weighted by atomic mass is 16.5. The number of aliphatic carboxylic acids is 1. The minimum atomic E-state index is -0.888. The van der Waals surface area contributed by atoms with E-state index in [2.05, 4.69) is 12.2 Å². The monoisotopic (exact) mass is 297 g/mol. The van der Waals surface area contributed by atoms with Crippen LogP contribution in [-0.4, -0.2) is 36.2 Å². The third-order valence-corrected chi connectivity index (χ3v) is 4.91. The van der Waals surface area contributed by atoms with Gasteiger partial charge < -0.3 is 15.2 Å². The Morgan fingerprint density at radius 3 is 2.52 bits per heavy atom. The zero-order valence-electron chi connectivity index (χ0n) is 12.8. The van der Waals surface area contributed by atoms with Crippen LogP contribution in [0.5, 0.6) is 0 Å². The summed E-state index contributed by atoms with van der Waals surface area (Å²) in [6.45, 7) is 2.72. The largest absolute Gasteiger partial charge is 0.481 e. The molecule has 0 radical (unpaired) electrons. The van der Waals surface area contributed by atoms with Gasteiger partial charge in [0.05, 0.1) is 19.3 Å². The summed E-state index contributed by atoms with van der Waals surface area (Å²) in [4.78, 5) is 23.4. The number of amides is 1. The SMILES string of the molecule is CCCCC1CCC(C(=O)NC2COCC2C(=O)O)CC1. The Kier molecular flexibility index (Phi) is 6.03. The van der Waals surface area contributed by atoms with Crippen molar-refractivity contribution in [2.75, 3.05) is 13.2 Å². The van der Waals surface area contributed by atoms with Gasteiger partial charge >= 0.3 is 5.97 Å². The maximum absolute atomic E-state index is 12.3. The van der Waals surface area contributed by atoms with Crippen molar-refractivity contribution in [2.45, 2.75) is 57.9 Å². The average Bonchev–Trinajstić information content (AvgIpc) is 2.94. The van der Waals surface area contributed by atoms with Gasteiger partial charge in [0.15, 0.2) is 0 Å². The third-order valence-electron chi connectivity index (χ3n) is 4.91. The van der Waals surface area contributed by atoms with Crippen LogP contribution in [0.25, 0.3) is 0 Å². The van der Waals surface area contributed by atoms with Gasteiger partial charge in [0, 0.05) is 5.92 Å². The van der Waals surface area contributed by atoms with E-state index in [1.165, 1.54) is 19.3 Å². The van der Waals surface area contributed by atoms with Gasteiger partial charge in [-0.25, -0.2) is 0 Å². The van der Waals surface area contributed by atoms with Gasteiger partial charge in [-0.3, -0.25) is 9.59 Å². The predicted octanol–water partition coefficient (Wildman–Crippen LogP) is 2.20. The van der Waals surface area contributed by atoms with E-state index >= 15 is 0 Å². The fourth-order valence-corrected chi connectivity index (χ4v) is 3.45. The smallest absolute Gasteiger partial charge is 0.311 e. The molecule has 2 N–H and O–H groups in total. The second kappa shape index (κ2) is 7.78. The fraction of sp³-hybridized carbons (Fsp3) is 0.875. The van der Waals surface area contributed by atoms with Gasteiger partial charge in [-0.1, -0.05) is 26.2 Å². The summed E-state index contributed by atoms with van der Waals surface area (Å²) < 4.78 is 5.19. The molecule has 5 heteroatoms. The van der Waals surface area contributed by atoms with Crippen LogP contribution in [0.1, 0.15) is 51.9 Å². The van der Waals surface area contributed by atoms with E-state index in [1.54, 1.807) is 0 Å². The second-order valence-electron chi connectivity index (χ2n) is 6.46. The molecule has 1 heterocycles. The van der Waals surface area contributed by atoms with Crippen LogP contribution in [0.15, 0.2) is 0 Å². The lowest BCUT2D eigenvalue weighted by molar-refractivity contribution is -0.142. The molecule has 21 heavy (non-hydrogen) atoms. The van der Waals surface area contributed by atoms with Crippen molar-refractivity contribution in [3.63, 3.8) is 0 Å². The lowest BCUT2D eigenvalue weighted by Crippen LogP contribution is -2.45. The van der Waals surface area contributed by atoms with Crippen molar-refractivity contribution < 1.29 is 19.4 Å². The number of hydrogen-bond donors (Lipinski definition) is 2. The zero-order chi connectivity index (χ0) is 15.2. The third kappa shape index (κ3) is 4.43. The molecular weight excluding hydrogens is 270 g/mol. The summed E-state index contributed by atoms with van der Waals surface area (Å²) >= 11 is 0. The Morgan fingerprint density at radius 1 is 1.19 bits per heavy atom. The number of unbranched alkanes of at least 4 members (excludes halogenated alkanes) is 1. The van der Waals surface area contributed by atoms with Crippen LogP contribution in [0.3, 0.4) is 0 Å². The number of carbonyl (C=O) groups is 2. The fourth-order valence-electron chi connectivity index (χ4n) is 3.45. The van der Waals surface area contributed by atoms with Crippen molar-refractivity contribution in [3.05, 3.63) is 0 Å². The van der Waals surface area contributed by atoms with Crippen molar-refractivity contribution in [3.8, 4) is 0 Å². The molecule has 1 saturated carbocycles. The first-order chi connectivity index (χ1) is 10.1. The number of ether oxygens (including phenoxy) is 1. The molecule has 2 rings (SSSR count). The Morgan fingerprint density at radius 2 is 1.90 bits per heavy atom. The number of hydrogen-bond acceptors (Lipinski definition) is 3. The molecule has 2 aliphatic rings. The first kappa shape index (κ1) is 16.3.